The van der Waals surface area contributed by atoms with Crippen LogP contribution < -0.4 is 15.5 Å². The molecule has 0 aliphatic carbocycles. The Bertz CT molecular complexity index is 947. The first-order chi connectivity index (χ1) is 13.7. The molecule has 7 heteroatoms. The summed E-state index contributed by atoms with van der Waals surface area (Å²) in [4.78, 5) is 14.8. The summed E-state index contributed by atoms with van der Waals surface area (Å²) >= 11 is 0. The summed E-state index contributed by atoms with van der Waals surface area (Å²) in [6.45, 7) is 6.21. The standard InChI is InChI=1S/C21H24N6O/c1-16-13-18(7-8-20(16)26-11-9-22-10-12-26)23-21(28)15-27-14-19(24-25-27)17-5-3-2-4-6-17/h2-8,13-14,22H,9-12,15H2,1H3,(H,23,28). The predicted molar refractivity (Wildman–Crippen MR) is 110 cm³/mol. The van der Waals surface area contributed by atoms with E-state index in [0.717, 1.165) is 48.7 Å². The van der Waals surface area contributed by atoms with Crippen molar-refractivity contribution >= 4 is 17.3 Å². The van der Waals surface area contributed by atoms with Crippen molar-refractivity contribution in [2.24, 2.45) is 0 Å². The minimum atomic E-state index is -0.126. The Kier molecular flexibility index (Phi) is 5.34. The summed E-state index contributed by atoms with van der Waals surface area (Å²) in [5.41, 5.74) is 4.91. The molecule has 2 heterocycles. The van der Waals surface area contributed by atoms with E-state index in [9.17, 15) is 4.79 Å². The van der Waals surface area contributed by atoms with Gasteiger partial charge in [-0.25, -0.2) is 4.68 Å². The minimum absolute atomic E-state index is 0.123. The van der Waals surface area contributed by atoms with Crippen LogP contribution in [0.5, 0.6) is 0 Å². The van der Waals surface area contributed by atoms with Gasteiger partial charge >= 0.3 is 0 Å². The van der Waals surface area contributed by atoms with Crippen LogP contribution in [-0.2, 0) is 11.3 Å². The third kappa shape index (κ3) is 4.20. The molecule has 0 spiro atoms. The van der Waals surface area contributed by atoms with Crippen LogP contribution in [0.1, 0.15) is 5.56 Å². The molecule has 0 saturated carbocycles. The molecule has 1 aromatic heterocycles. The zero-order chi connectivity index (χ0) is 19.3. The number of benzene rings is 2. The van der Waals surface area contributed by atoms with Gasteiger partial charge in [-0.15, -0.1) is 5.10 Å². The number of rotatable bonds is 5. The number of piperazine rings is 1. The fraction of sp³-hybridized carbons (Fsp3) is 0.286. The molecular weight excluding hydrogens is 352 g/mol. The topological polar surface area (TPSA) is 75.1 Å². The Morgan fingerprint density at radius 2 is 1.93 bits per heavy atom. The van der Waals surface area contributed by atoms with Crippen molar-refractivity contribution in [1.82, 2.24) is 20.3 Å². The average Bonchev–Trinajstić information content (AvgIpc) is 3.18. The second-order valence-electron chi connectivity index (χ2n) is 6.95. The van der Waals surface area contributed by atoms with Gasteiger partial charge < -0.3 is 15.5 Å². The quantitative estimate of drug-likeness (QED) is 0.715. The van der Waals surface area contributed by atoms with Gasteiger partial charge in [-0.2, -0.15) is 0 Å². The van der Waals surface area contributed by atoms with E-state index in [0.29, 0.717) is 0 Å². The van der Waals surface area contributed by atoms with Gasteiger partial charge in [-0.1, -0.05) is 35.5 Å². The molecule has 2 aromatic carbocycles. The van der Waals surface area contributed by atoms with Crippen LogP contribution in [0.15, 0.2) is 54.7 Å². The number of hydrogen-bond acceptors (Lipinski definition) is 5. The summed E-state index contributed by atoms with van der Waals surface area (Å²) < 4.78 is 1.56. The van der Waals surface area contributed by atoms with Crippen LogP contribution in [0.4, 0.5) is 11.4 Å². The average molecular weight is 376 g/mol. The molecule has 3 aromatic rings. The van der Waals surface area contributed by atoms with Crippen LogP contribution >= 0.6 is 0 Å². The second kappa shape index (κ2) is 8.22. The Morgan fingerprint density at radius 3 is 2.68 bits per heavy atom. The first kappa shape index (κ1) is 18.2. The molecule has 1 aliphatic heterocycles. The van der Waals surface area contributed by atoms with Gasteiger partial charge in [-0.3, -0.25) is 4.79 Å². The lowest BCUT2D eigenvalue weighted by atomic mass is 10.1. The number of carbonyl (C=O) groups excluding carboxylic acids is 1. The third-order valence-corrected chi connectivity index (χ3v) is 4.85. The Labute approximate surface area is 164 Å². The maximum Gasteiger partial charge on any atom is 0.246 e. The van der Waals surface area contributed by atoms with Crippen molar-refractivity contribution in [2.45, 2.75) is 13.5 Å². The normalized spacial score (nSPS) is 14.1. The summed E-state index contributed by atoms with van der Waals surface area (Å²) in [6, 6.07) is 15.9. The molecule has 0 atom stereocenters. The minimum Gasteiger partial charge on any atom is -0.369 e. The number of hydrogen-bond donors (Lipinski definition) is 2. The molecule has 144 valence electrons. The highest BCUT2D eigenvalue weighted by atomic mass is 16.2. The van der Waals surface area contributed by atoms with E-state index in [2.05, 4.69) is 38.8 Å². The Hall–Kier alpha value is -3.19. The Morgan fingerprint density at radius 1 is 1.14 bits per heavy atom. The second-order valence-corrected chi connectivity index (χ2v) is 6.95. The zero-order valence-electron chi connectivity index (χ0n) is 15.9. The van der Waals surface area contributed by atoms with Crippen LogP contribution in [0.3, 0.4) is 0 Å². The van der Waals surface area contributed by atoms with Crippen molar-refractivity contribution in [3.05, 3.63) is 60.3 Å². The molecule has 0 bridgehead atoms. The highest BCUT2D eigenvalue weighted by molar-refractivity contribution is 5.91. The molecule has 1 aliphatic rings. The maximum atomic E-state index is 12.4. The lowest BCUT2D eigenvalue weighted by molar-refractivity contribution is -0.116. The molecule has 2 N–H and O–H groups in total. The Balaban J connectivity index is 1.39. The van der Waals surface area contributed by atoms with Crippen molar-refractivity contribution < 1.29 is 4.79 Å². The van der Waals surface area contributed by atoms with Gasteiger partial charge in [0, 0.05) is 43.1 Å². The number of nitrogens with zero attached hydrogens (tertiary/aromatic N) is 4. The summed E-state index contributed by atoms with van der Waals surface area (Å²) in [5.74, 6) is -0.126. The fourth-order valence-electron chi connectivity index (χ4n) is 3.46. The van der Waals surface area contributed by atoms with E-state index in [1.165, 1.54) is 5.69 Å². The van der Waals surface area contributed by atoms with Gasteiger partial charge in [0.25, 0.3) is 0 Å². The van der Waals surface area contributed by atoms with Crippen molar-refractivity contribution in [1.29, 1.82) is 0 Å². The van der Waals surface area contributed by atoms with Gasteiger partial charge in [0.05, 0.1) is 6.20 Å². The molecule has 7 nitrogen and oxygen atoms in total. The molecular formula is C21H24N6O. The molecule has 28 heavy (non-hydrogen) atoms. The van der Waals surface area contributed by atoms with Crippen molar-refractivity contribution in [3.8, 4) is 11.3 Å². The highest BCUT2D eigenvalue weighted by Gasteiger charge is 2.13. The predicted octanol–water partition coefficient (Wildman–Crippen LogP) is 2.30. The van der Waals surface area contributed by atoms with Gasteiger partial charge in [0.15, 0.2) is 0 Å². The SMILES string of the molecule is Cc1cc(NC(=O)Cn2cc(-c3ccccc3)nn2)ccc1N1CCNCC1. The summed E-state index contributed by atoms with van der Waals surface area (Å²) in [6.07, 6.45) is 1.79. The maximum absolute atomic E-state index is 12.4. The first-order valence-electron chi connectivity index (χ1n) is 9.51. The van der Waals surface area contributed by atoms with Crippen molar-refractivity contribution in [3.63, 3.8) is 0 Å². The van der Waals surface area contributed by atoms with Crippen LogP contribution in [-0.4, -0.2) is 47.1 Å². The fourth-order valence-corrected chi connectivity index (χ4v) is 3.46. The number of anilines is 2. The molecule has 0 unspecified atom stereocenters. The van der Waals surface area contributed by atoms with Gasteiger partial charge in [0.2, 0.25) is 5.91 Å². The number of amides is 1. The summed E-state index contributed by atoms with van der Waals surface area (Å²) in [7, 11) is 0. The number of aromatic nitrogens is 3. The lowest BCUT2D eigenvalue weighted by Crippen LogP contribution is -2.43. The highest BCUT2D eigenvalue weighted by Crippen LogP contribution is 2.24. The molecule has 4 rings (SSSR count). The van der Waals surface area contributed by atoms with E-state index in [4.69, 9.17) is 0 Å². The van der Waals surface area contributed by atoms with E-state index in [1.807, 2.05) is 42.5 Å². The first-order valence-corrected chi connectivity index (χ1v) is 9.51. The molecule has 1 fully saturated rings. The van der Waals surface area contributed by atoms with Crippen LogP contribution in [0.25, 0.3) is 11.3 Å². The molecule has 0 radical (unpaired) electrons. The monoisotopic (exact) mass is 376 g/mol. The number of carbonyl (C=O) groups is 1. The van der Waals surface area contributed by atoms with E-state index < -0.39 is 0 Å². The van der Waals surface area contributed by atoms with E-state index in [-0.39, 0.29) is 12.5 Å². The van der Waals surface area contributed by atoms with E-state index in [1.54, 1.807) is 10.9 Å². The van der Waals surface area contributed by atoms with Crippen LogP contribution in [0, 0.1) is 6.92 Å². The van der Waals surface area contributed by atoms with Crippen molar-refractivity contribution in [2.75, 3.05) is 36.4 Å². The van der Waals surface area contributed by atoms with Gasteiger partial charge in [-0.05, 0) is 30.7 Å². The zero-order valence-corrected chi connectivity index (χ0v) is 15.9. The third-order valence-electron chi connectivity index (χ3n) is 4.85. The van der Waals surface area contributed by atoms with Crippen LogP contribution in [0.2, 0.25) is 0 Å². The molecule has 1 amide bonds. The number of nitrogens with one attached hydrogen (secondary N) is 2. The summed E-state index contributed by atoms with van der Waals surface area (Å²) in [5, 5.41) is 14.5. The largest absolute Gasteiger partial charge is 0.369 e. The number of aryl methyl sites for hydroxylation is 1. The van der Waals surface area contributed by atoms with Gasteiger partial charge in [0.1, 0.15) is 12.2 Å². The smallest absolute Gasteiger partial charge is 0.246 e. The van der Waals surface area contributed by atoms with E-state index >= 15 is 0 Å². The lowest BCUT2D eigenvalue weighted by Gasteiger charge is -2.30. The molecule has 1 saturated heterocycles.